The summed E-state index contributed by atoms with van der Waals surface area (Å²) in [6.45, 7) is 4.31. The summed E-state index contributed by atoms with van der Waals surface area (Å²) in [6, 6.07) is 0. The monoisotopic (exact) mass is 907 g/mol. The quantitative estimate of drug-likeness (QED) is 0.0212. The van der Waals surface area contributed by atoms with Gasteiger partial charge in [-0.05, 0) is 57.8 Å². The summed E-state index contributed by atoms with van der Waals surface area (Å²) in [6.07, 6.45) is 55.6. The Kier molecular flexibility index (Phi) is 43.3. The van der Waals surface area contributed by atoms with Gasteiger partial charge in [-0.1, -0.05) is 203 Å². The number of unbranched alkanes of at least 4 members (excludes halogenated alkanes) is 22. The van der Waals surface area contributed by atoms with Crippen LogP contribution in [0, 0.1) is 0 Å². The smallest absolute Gasteiger partial charge is 0.462 e. The molecule has 0 amide bonds. The molecule has 0 saturated heterocycles. The Morgan fingerprint density at radius 2 is 0.905 bits per heavy atom. The predicted molar refractivity (Wildman–Crippen MR) is 266 cm³/mol. The Morgan fingerprint density at radius 1 is 0.508 bits per heavy atom. The van der Waals surface area contributed by atoms with E-state index in [-0.39, 0.29) is 32.0 Å². The molecule has 9 nitrogen and oxygen atoms in total. The average molecular weight is 907 g/mol. The largest absolute Gasteiger partial charge is 0.472 e. The van der Waals surface area contributed by atoms with Gasteiger partial charge in [0.1, 0.15) is 19.8 Å². The Bertz CT molecular complexity index is 1250. The van der Waals surface area contributed by atoms with E-state index in [0.29, 0.717) is 17.4 Å². The van der Waals surface area contributed by atoms with Crippen LogP contribution in [0.15, 0.2) is 60.8 Å². The molecule has 0 saturated carbocycles. The molecule has 0 aliphatic rings. The minimum atomic E-state index is -4.38. The normalized spacial score (nSPS) is 13.9. The number of quaternary nitrogens is 1. The van der Waals surface area contributed by atoms with Crippen molar-refractivity contribution in [1.29, 1.82) is 0 Å². The molecule has 10 heteroatoms. The van der Waals surface area contributed by atoms with Gasteiger partial charge in [0.2, 0.25) is 0 Å². The van der Waals surface area contributed by atoms with Crippen LogP contribution in [-0.2, 0) is 32.7 Å². The number of rotatable bonds is 46. The summed E-state index contributed by atoms with van der Waals surface area (Å²) >= 11 is 0. The van der Waals surface area contributed by atoms with Crippen molar-refractivity contribution in [3.63, 3.8) is 0 Å². The molecule has 0 heterocycles. The molecule has 0 aliphatic carbocycles. The first kappa shape index (κ1) is 60.7. The molecular weight excluding hydrogens is 810 g/mol. The second-order valence-electron chi connectivity index (χ2n) is 18.2. The van der Waals surface area contributed by atoms with Crippen LogP contribution in [0.3, 0.4) is 0 Å². The van der Waals surface area contributed by atoms with Crippen molar-refractivity contribution in [3.05, 3.63) is 60.8 Å². The Hall–Kier alpha value is -2.29. The Labute approximate surface area is 387 Å². The topological polar surface area (TPSA) is 108 Å². The van der Waals surface area contributed by atoms with Crippen LogP contribution < -0.4 is 0 Å². The molecule has 0 aromatic carbocycles. The summed E-state index contributed by atoms with van der Waals surface area (Å²) in [7, 11) is 1.47. The van der Waals surface area contributed by atoms with Crippen molar-refractivity contribution in [3.8, 4) is 0 Å². The highest BCUT2D eigenvalue weighted by Gasteiger charge is 2.27. The maximum Gasteiger partial charge on any atom is 0.472 e. The molecule has 1 N–H and O–H groups in total. The van der Waals surface area contributed by atoms with Crippen molar-refractivity contribution in [1.82, 2.24) is 0 Å². The number of phosphoric acid groups is 1. The van der Waals surface area contributed by atoms with Gasteiger partial charge in [0.25, 0.3) is 0 Å². The fourth-order valence-electron chi connectivity index (χ4n) is 6.87. The lowest BCUT2D eigenvalue weighted by Crippen LogP contribution is -2.37. The number of likely N-dealkylation sites (N-methyl/N-ethyl adjacent to an activating group) is 1. The minimum absolute atomic E-state index is 0.0305. The number of nitrogens with zero attached hydrogens (tertiary/aromatic N) is 1. The number of ether oxygens (including phenoxy) is 2. The van der Waals surface area contributed by atoms with E-state index in [1.165, 1.54) is 109 Å². The van der Waals surface area contributed by atoms with Gasteiger partial charge in [0.05, 0.1) is 27.7 Å². The Balaban J connectivity index is 4.18. The van der Waals surface area contributed by atoms with Crippen molar-refractivity contribution in [2.24, 2.45) is 0 Å². The standard InChI is InChI=1S/C53H96NO8P/c1-6-8-10-12-14-16-18-20-21-22-23-24-25-26-27-28-29-30-31-32-33-34-36-38-40-42-44-46-53(56)62-51(50-61-63(57,58)60-48-47-54(3,4)5)49-59-52(55)45-43-41-39-37-35-19-17-15-13-11-9-7-2/h8,10,14,16,20-21,23-24,26-27,51H,6-7,9,11-13,15,17-19,22,25,28-50H2,1-5H3/p+1/b10-8-,16-14-,21-20-,24-23-,27-26-. The van der Waals surface area contributed by atoms with E-state index in [1.54, 1.807) is 0 Å². The third-order valence-electron chi connectivity index (χ3n) is 10.8. The highest BCUT2D eigenvalue weighted by Crippen LogP contribution is 2.43. The van der Waals surface area contributed by atoms with Crippen LogP contribution in [0.2, 0.25) is 0 Å². The maximum atomic E-state index is 12.8. The van der Waals surface area contributed by atoms with Crippen molar-refractivity contribution in [2.45, 2.75) is 219 Å². The van der Waals surface area contributed by atoms with Crippen LogP contribution in [0.5, 0.6) is 0 Å². The molecule has 0 fully saturated rings. The fraction of sp³-hybridized carbons (Fsp3) is 0.774. The zero-order valence-electron chi connectivity index (χ0n) is 41.3. The number of carbonyl (C=O) groups excluding carboxylic acids is 2. The van der Waals surface area contributed by atoms with E-state index in [2.05, 4.69) is 74.6 Å². The summed E-state index contributed by atoms with van der Waals surface area (Å²) in [4.78, 5) is 35.5. The lowest BCUT2D eigenvalue weighted by atomic mass is 10.0. The van der Waals surface area contributed by atoms with E-state index in [1.807, 2.05) is 21.1 Å². The van der Waals surface area contributed by atoms with Crippen molar-refractivity contribution < 1.29 is 42.1 Å². The zero-order chi connectivity index (χ0) is 46.4. The van der Waals surface area contributed by atoms with Crippen molar-refractivity contribution >= 4 is 19.8 Å². The zero-order valence-corrected chi connectivity index (χ0v) is 42.2. The van der Waals surface area contributed by atoms with Crippen LogP contribution in [0.4, 0.5) is 0 Å². The first-order valence-electron chi connectivity index (χ1n) is 25.5. The summed E-state index contributed by atoms with van der Waals surface area (Å²) in [5.41, 5.74) is 0. The number of esters is 2. The molecule has 0 aliphatic heterocycles. The van der Waals surface area contributed by atoms with Crippen molar-refractivity contribution in [2.75, 3.05) is 47.5 Å². The Morgan fingerprint density at radius 3 is 1.35 bits per heavy atom. The van der Waals surface area contributed by atoms with Gasteiger partial charge in [0.15, 0.2) is 6.10 Å². The number of hydrogen-bond donors (Lipinski definition) is 1. The highest BCUT2D eigenvalue weighted by molar-refractivity contribution is 7.47. The molecule has 0 aromatic heterocycles. The van der Waals surface area contributed by atoms with E-state index in [4.69, 9.17) is 18.5 Å². The third kappa shape index (κ3) is 49.0. The number of hydrogen-bond acceptors (Lipinski definition) is 7. The minimum Gasteiger partial charge on any atom is -0.462 e. The first-order chi connectivity index (χ1) is 30.5. The lowest BCUT2D eigenvalue weighted by Gasteiger charge is -2.24. The second kappa shape index (κ2) is 44.9. The van der Waals surface area contributed by atoms with E-state index in [0.717, 1.165) is 70.6 Å². The van der Waals surface area contributed by atoms with Gasteiger partial charge >= 0.3 is 19.8 Å². The van der Waals surface area contributed by atoms with E-state index < -0.39 is 26.5 Å². The van der Waals surface area contributed by atoms with Gasteiger partial charge in [-0.2, -0.15) is 0 Å². The summed E-state index contributed by atoms with van der Waals surface area (Å²) in [5.74, 6) is -0.799. The molecule has 63 heavy (non-hydrogen) atoms. The molecule has 2 atom stereocenters. The molecular formula is C53H97NO8P+. The highest BCUT2D eigenvalue weighted by atomic mass is 31.2. The number of carbonyl (C=O) groups is 2. The third-order valence-corrected chi connectivity index (χ3v) is 11.8. The van der Waals surface area contributed by atoms with Crippen LogP contribution >= 0.6 is 7.82 Å². The number of phosphoric ester groups is 1. The molecule has 0 spiro atoms. The molecule has 2 unspecified atom stereocenters. The van der Waals surface area contributed by atoms with Crippen LogP contribution in [0.1, 0.15) is 213 Å². The molecule has 0 rings (SSSR count). The molecule has 0 aromatic rings. The van der Waals surface area contributed by atoms with E-state index in [9.17, 15) is 19.0 Å². The first-order valence-corrected chi connectivity index (χ1v) is 27.0. The van der Waals surface area contributed by atoms with Gasteiger partial charge in [-0.15, -0.1) is 0 Å². The molecule has 0 radical (unpaired) electrons. The summed E-state index contributed by atoms with van der Waals surface area (Å²) < 4.78 is 34.4. The van der Waals surface area contributed by atoms with Gasteiger partial charge in [0, 0.05) is 12.8 Å². The van der Waals surface area contributed by atoms with E-state index >= 15 is 0 Å². The molecule has 366 valence electrons. The maximum absolute atomic E-state index is 12.8. The average Bonchev–Trinajstić information content (AvgIpc) is 3.24. The number of allylic oxidation sites excluding steroid dienone is 10. The van der Waals surface area contributed by atoms with Gasteiger partial charge in [-0.25, -0.2) is 4.57 Å². The summed E-state index contributed by atoms with van der Waals surface area (Å²) in [5, 5.41) is 0. The van der Waals surface area contributed by atoms with Crippen LogP contribution in [-0.4, -0.2) is 74.9 Å². The SMILES string of the molecule is CC/C=C\C/C=C\C/C=C\C/C=C\C/C=C\CCCCCCCCCCCCCC(=O)OC(COC(=O)CCCCCCCCCCCCCC)COP(=O)(O)OCC[N+](C)(C)C. The van der Waals surface area contributed by atoms with Gasteiger partial charge in [-0.3, -0.25) is 18.6 Å². The lowest BCUT2D eigenvalue weighted by molar-refractivity contribution is -0.870. The van der Waals surface area contributed by atoms with Crippen LogP contribution in [0.25, 0.3) is 0 Å². The second-order valence-corrected chi connectivity index (χ2v) is 19.6. The fourth-order valence-corrected chi connectivity index (χ4v) is 7.61. The molecule has 0 bridgehead atoms. The van der Waals surface area contributed by atoms with Gasteiger partial charge < -0.3 is 18.9 Å². The predicted octanol–water partition coefficient (Wildman–Crippen LogP) is 15.2.